The second-order valence-corrected chi connectivity index (χ2v) is 38.7. The fraction of sp³-hybridized carbons (Fsp3) is 0.400. The van der Waals surface area contributed by atoms with Crippen molar-refractivity contribution >= 4 is 59.6 Å². The van der Waals surface area contributed by atoms with Gasteiger partial charge in [0.05, 0.1) is 0 Å². The van der Waals surface area contributed by atoms with E-state index >= 15 is 0 Å². The van der Waals surface area contributed by atoms with Crippen LogP contribution >= 0.6 is 0 Å². The summed E-state index contributed by atoms with van der Waals surface area (Å²) in [5, 5.41) is 2.92. The van der Waals surface area contributed by atoms with Crippen LogP contribution in [0.15, 0.2) is 97.9 Å². The fourth-order valence-electron chi connectivity index (χ4n) is 3.26. The number of benzene rings is 1. The van der Waals surface area contributed by atoms with Gasteiger partial charge < -0.3 is 8.76 Å². The van der Waals surface area contributed by atoms with E-state index in [9.17, 15) is 0 Å². The number of hydrogen-bond acceptors (Lipinski definition) is 2. The maximum absolute atomic E-state index is 5.97. The molecule has 0 fully saturated rings. The molecule has 0 bridgehead atoms. The quantitative estimate of drug-likeness (QED) is 0.238. The molecule has 2 nitrogen and oxygen atoms in total. The molecule has 0 saturated heterocycles. The first kappa shape index (κ1) is 39.0. The first-order chi connectivity index (χ1) is 17.0. The zero-order chi connectivity index (χ0) is 30.6. The second kappa shape index (κ2) is 15.6. The van der Waals surface area contributed by atoms with Crippen LogP contribution in [0.4, 0.5) is 0 Å². The molecule has 0 radical (unpaired) electrons. The fourth-order valence-corrected chi connectivity index (χ4v) is 19.3. The van der Waals surface area contributed by atoms with E-state index in [2.05, 4.69) is 170 Å². The van der Waals surface area contributed by atoms with E-state index < -0.39 is 49.3 Å². The van der Waals surface area contributed by atoms with E-state index in [0.29, 0.717) is 0 Å². The first-order valence-electron chi connectivity index (χ1n) is 13.4. The van der Waals surface area contributed by atoms with Crippen LogP contribution in [0.3, 0.4) is 0 Å². The van der Waals surface area contributed by atoms with Crippen LogP contribution in [0.2, 0.25) is 78.6 Å². The maximum atomic E-state index is 5.97. The summed E-state index contributed by atoms with van der Waals surface area (Å²) in [5.41, 5.74) is 12.4. The smallest absolute Gasteiger partial charge is 0.198 e. The van der Waals surface area contributed by atoms with Gasteiger partial charge in [0.15, 0.2) is 16.6 Å². The zero-order valence-corrected chi connectivity index (χ0v) is 32.9. The van der Waals surface area contributed by atoms with Crippen LogP contribution in [0.1, 0.15) is 0 Å². The lowest BCUT2D eigenvalue weighted by molar-refractivity contribution is 0.571. The highest BCUT2D eigenvalue weighted by atomic mass is 28.4. The molecule has 0 aliphatic carbocycles. The van der Waals surface area contributed by atoms with Crippen molar-refractivity contribution in [2.24, 2.45) is 0 Å². The van der Waals surface area contributed by atoms with Gasteiger partial charge in [0.1, 0.15) is 32.6 Å². The van der Waals surface area contributed by atoms with Gasteiger partial charge in [0, 0.05) is 0 Å². The van der Waals surface area contributed by atoms with E-state index in [1.54, 1.807) is 0 Å². The highest BCUT2D eigenvalue weighted by Crippen LogP contribution is 2.15. The minimum atomic E-state index is -1.58. The Labute approximate surface area is 243 Å². The Hall–Kier alpha value is -1.12. The Morgan fingerprint density at radius 1 is 0.474 bits per heavy atom. The van der Waals surface area contributed by atoms with Crippen molar-refractivity contribution in [2.75, 3.05) is 0 Å². The summed E-state index contributed by atoms with van der Waals surface area (Å²) in [6.45, 7) is 50.1. The van der Waals surface area contributed by atoms with Crippen molar-refractivity contribution in [1.82, 2.24) is 4.65 Å². The van der Waals surface area contributed by atoms with Gasteiger partial charge in [-0.2, -0.15) is 0 Å². The molecule has 0 heterocycles. The molecule has 1 aromatic rings. The van der Waals surface area contributed by atoms with E-state index in [1.165, 1.54) is 10.4 Å². The molecule has 8 heteroatoms. The molecule has 0 saturated carbocycles. The van der Waals surface area contributed by atoms with Crippen LogP contribution in [0.5, 0.6) is 0 Å². The van der Waals surface area contributed by atoms with Crippen molar-refractivity contribution in [2.45, 2.75) is 78.6 Å². The third kappa shape index (κ3) is 15.5. The maximum Gasteiger partial charge on any atom is 0.198 e. The van der Waals surface area contributed by atoms with Gasteiger partial charge in [-0.3, -0.25) is 0 Å². The number of nitrogens with one attached hydrogen (secondary N) is 1. The Bertz CT molecular complexity index is 831. The van der Waals surface area contributed by atoms with E-state index in [0.717, 1.165) is 0 Å². The lowest BCUT2D eigenvalue weighted by Gasteiger charge is -2.29. The monoisotopic (exact) mass is 617 g/mol. The lowest BCUT2D eigenvalue weighted by atomic mass is 10.4. The molecular formula is C30H59NOSi6. The Morgan fingerprint density at radius 3 is 0.921 bits per heavy atom. The SMILES string of the molecule is C=C[Si](C)(C)N[Si](C)(C)C=C.C=C[Si](C)(C)O[Si](C)(C)C=C.C=C[Si](C)(C)c1ccc([Si](C)(C)C=C)cc1. The van der Waals surface area contributed by atoms with Gasteiger partial charge in [-0.1, -0.05) is 121 Å². The van der Waals surface area contributed by atoms with Crippen molar-refractivity contribution < 1.29 is 4.12 Å². The van der Waals surface area contributed by atoms with Crippen LogP contribution in [-0.2, 0) is 4.12 Å². The predicted octanol–water partition coefficient (Wildman–Crippen LogP) is 8.27. The molecule has 0 aliphatic heterocycles. The molecule has 214 valence electrons. The van der Waals surface area contributed by atoms with E-state index in [1.807, 2.05) is 11.4 Å². The highest BCUT2D eigenvalue weighted by molar-refractivity contribution is 6.96. The van der Waals surface area contributed by atoms with Crippen LogP contribution in [0.25, 0.3) is 0 Å². The average Bonchev–Trinajstić information content (AvgIpc) is 2.83. The van der Waals surface area contributed by atoms with Gasteiger partial charge in [-0.05, 0) is 26.2 Å². The topological polar surface area (TPSA) is 21.3 Å². The summed E-state index contributed by atoms with van der Waals surface area (Å²) >= 11 is 0. The normalized spacial score (nSPS) is 12.5. The van der Waals surface area contributed by atoms with Gasteiger partial charge in [-0.25, -0.2) is 0 Å². The molecule has 38 heavy (non-hydrogen) atoms. The number of hydrogen-bond donors (Lipinski definition) is 1. The predicted molar refractivity (Wildman–Crippen MR) is 196 cm³/mol. The molecular weight excluding hydrogens is 559 g/mol. The molecule has 0 aromatic heterocycles. The van der Waals surface area contributed by atoms with Crippen molar-refractivity contribution in [3.63, 3.8) is 0 Å². The highest BCUT2D eigenvalue weighted by Gasteiger charge is 2.28. The summed E-state index contributed by atoms with van der Waals surface area (Å²) in [6.07, 6.45) is 0. The molecule has 1 N–H and O–H groups in total. The minimum absolute atomic E-state index is 1.33. The number of rotatable bonds is 12. The molecule has 1 rings (SSSR count). The van der Waals surface area contributed by atoms with Crippen LogP contribution in [-0.4, -0.2) is 49.3 Å². The van der Waals surface area contributed by atoms with Crippen LogP contribution < -0.4 is 15.0 Å². The summed E-state index contributed by atoms with van der Waals surface area (Å²) in [7, 11) is -8.60. The zero-order valence-electron chi connectivity index (χ0n) is 26.9. The Kier molecular flexibility index (Phi) is 16.0. The van der Waals surface area contributed by atoms with Crippen molar-refractivity contribution in [3.8, 4) is 0 Å². The summed E-state index contributed by atoms with van der Waals surface area (Å²) < 4.78 is 9.64. The second-order valence-electron chi connectivity index (χ2n) is 13.1. The molecule has 1 aromatic carbocycles. The largest absolute Gasteiger partial charge is 0.449 e. The van der Waals surface area contributed by atoms with Gasteiger partial charge in [0.25, 0.3) is 0 Å². The molecule has 0 amide bonds. The van der Waals surface area contributed by atoms with Crippen LogP contribution in [0, 0.1) is 0 Å². The van der Waals surface area contributed by atoms with E-state index in [4.69, 9.17) is 4.12 Å². The van der Waals surface area contributed by atoms with Crippen molar-refractivity contribution in [1.29, 1.82) is 0 Å². The molecule has 0 aliphatic rings. The molecule has 0 spiro atoms. The van der Waals surface area contributed by atoms with E-state index in [-0.39, 0.29) is 0 Å². The lowest BCUT2D eigenvalue weighted by Crippen LogP contribution is -2.57. The Balaban J connectivity index is 0. The van der Waals surface area contributed by atoms with Gasteiger partial charge >= 0.3 is 0 Å². The Morgan fingerprint density at radius 2 is 0.737 bits per heavy atom. The molecule has 0 atom stereocenters. The third-order valence-electron chi connectivity index (χ3n) is 6.57. The van der Waals surface area contributed by atoms with Gasteiger partial charge in [0.2, 0.25) is 0 Å². The molecule has 0 unspecified atom stereocenters. The standard InChI is InChI=1S/C14H22Si2.C8H19NSi2.C8H18OSi2/c1-7-15(3,4)13-9-11-14(12-10-13)16(5,6)8-2;2*1-7-10(3,4)9-11(5,6)8-2/h7-12H,1-2H2,3-6H3;7-9H,1-2H2,3-6H3;7-8H,1-2H2,3-6H3. The minimum Gasteiger partial charge on any atom is -0.449 e. The summed E-state index contributed by atoms with van der Waals surface area (Å²) in [6, 6.07) is 9.12. The summed E-state index contributed by atoms with van der Waals surface area (Å²) in [5.74, 6) is 0. The first-order valence-corrected chi connectivity index (χ1v) is 31.7. The van der Waals surface area contributed by atoms with Crippen molar-refractivity contribution in [3.05, 3.63) is 97.9 Å². The van der Waals surface area contributed by atoms with Gasteiger partial charge in [-0.15, -0.1) is 39.5 Å². The average molecular weight is 618 g/mol. The third-order valence-corrected chi connectivity index (χ3v) is 25.6. The summed E-state index contributed by atoms with van der Waals surface area (Å²) in [4.78, 5) is 0.